The second-order valence-corrected chi connectivity index (χ2v) is 6.88. The molecular weight excluding hydrogens is 316 g/mol. The van der Waals surface area contributed by atoms with E-state index in [0.717, 1.165) is 42.5 Å². The number of anilines is 1. The number of hydrogen-bond acceptors (Lipinski definition) is 4. The monoisotopic (exact) mass is 334 g/mol. The minimum Gasteiger partial charge on any atom is -0.398 e. The molecule has 0 spiro atoms. The molecule has 6 heteroatoms. The van der Waals surface area contributed by atoms with Gasteiger partial charge in [-0.2, -0.15) is 4.68 Å². The summed E-state index contributed by atoms with van der Waals surface area (Å²) in [4.78, 5) is 30.9. The van der Waals surface area contributed by atoms with Crippen LogP contribution in [0.5, 0.6) is 0 Å². The Morgan fingerprint density at radius 2 is 1.76 bits per heavy atom. The Labute approximate surface area is 143 Å². The number of nitrogens with two attached hydrogens (primary N) is 1. The summed E-state index contributed by atoms with van der Waals surface area (Å²) in [7, 11) is 0. The van der Waals surface area contributed by atoms with Gasteiger partial charge in [0.05, 0.1) is 16.8 Å². The van der Waals surface area contributed by atoms with Crippen LogP contribution < -0.4 is 16.9 Å². The van der Waals surface area contributed by atoms with Crippen molar-refractivity contribution in [3.05, 3.63) is 61.8 Å². The highest BCUT2D eigenvalue weighted by Crippen LogP contribution is 2.38. The van der Waals surface area contributed by atoms with Crippen LogP contribution in [-0.2, 0) is 12.8 Å². The molecular formula is C19H18N4O2. The lowest BCUT2D eigenvalue weighted by Gasteiger charge is -2.19. The lowest BCUT2D eigenvalue weighted by molar-refractivity contribution is 0.518. The van der Waals surface area contributed by atoms with Crippen LogP contribution in [0, 0.1) is 0 Å². The Morgan fingerprint density at radius 3 is 2.52 bits per heavy atom. The zero-order valence-electron chi connectivity index (χ0n) is 14.0. The van der Waals surface area contributed by atoms with E-state index >= 15 is 0 Å². The molecule has 3 heterocycles. The highest BCUT2D eigenvalue weighted by atomic mass is 16.2. The standard InChI is InChI=1S/C19H18N4O2/c1-10-15-16(20)13-8-4-5-9-14(13)21-17(15)23-19(25)12-7-3-2-6-11(12)18(24)22(10)23/h2-3,6-7,10H,4-5,8-9H2,1H3,(H2,20,21). The number of aryl methyl sites for hydroxylation is 1. The third-order valence-corrected chi connectivity index (χ3v) is 5.52. The Kier molecular flexibility index (Phi) is 2.78. The van der Waals surface area contributed by atoms with Crippen molar-refractivity contribution in [3.63, 3.8) is 0 Å². The van der Waals surface area contributed by atoms with E-state index in [2.05, 4.69) is 0 Å². The zero-order chi connectivity index (χ0) is 17.3. The molecule has 1 unspecified atom stereocenters. The fourth-order valence-corrected chi connectivity index (χ4v) is 4.30. The van der Waals surface area contributed by atoms with E-state index in [0.29, 0.717) is 22.3 Å². The first kappa shape index (κ1) is 14.5. The summed E-state index contributed by atoms with van der Waals surface area (Å²) in [5, 5.41) is 0.855. The molecule has 0 amide bonds. The number of rotatable bonds is 0. The van der Waals surface area contributed by atoms with Crippen LogP contribution in [-0.4, -0.2) is 14.3 Å². The number of nitrogen functional groups attached to an aromatic ring is 1. The van der Waals surface area contributed by atoms with Crippen LogP contribution in [0.25, 0.3) is 16.6 Å². The van der Waals surface area contributed by atoms with Gasteiger partial charge in [0.25, 0.3) is 11.1 Å². The second kappa shape index (κ2) is 4.81. The van der Waals surface area contributed by atoms with Crippen molar-refractivity contribution in [3.8, 4) is 5.82 Å². The van der Waals surface area contributed by atoms with Gasteiger partial charge in [-0.25, -0.2) is 9.67 Å². The van der Waals surface area contributed by atoms with Gasteiger partial charge in [-0.1, -0.05) is 12.1 Å². The Bertz CT molecular complexity index is 1170. The molecule has 0 saturated carbocycles. The quantitative estimate of drug-likeness (QED) is 0.681. The van der Waals surface area contributed by atoms with Crippen molar-refractivity contribution in [2.24, 2.45) is 0 Å². The molecule has 2 aromatic heterocycles. The third-order valence-electron chi connectivity index (χ3n) is 5.52. The van der Waals surface area contributed by atoms with Gasteiger partial charge in [0, 0.05) is 16.9 Å². The van der Waals surface area contributed by atoms with E-state index in [-0.39, 0.29) is 17.2 Å². The Hall–Kier alpha value is -2.89. The normalized spacial score (nSPS) is 18.0. The van der Waals surface area contributed by atoms with Gasteiger partial charge < -0.3 is 5.73 Å². The molecule has 25 heavy (non-hydrogen) atoms. The van der Waals surface area contributed by atoms with Gasteiger partial charge in [0.15, 0.2) is 5.82 Å². The maximum absolute atomic E-state index is 13.1. The van der Waals surface area contributed by atoms with Crippen LogP contribution in [0.4, 0.5) is 5.69 Å². The Balaban J connectivity index is 1.95. The SMILES string of the molecule is CC1c2c(nc3c(c2N)CCCC3)-n2c(=O)c3ccccc3c(=O)n21. The van der Waals surface area contributed by atoms with Gasteiger partial charge in [0.1, 0.15) is 0 Å². The van der Waals surface area contributed by atoms with Gasteiger partial charge in [-0.05, 0) is 50.3 Å². The first-order valence-electron chi connectivity index (χ1n) is 8.67. The molecule has 3 aromatic rings. The molecule has 0 bridgehead atoms. The summed E-state index contributed by atoms with van der Waals surface area (Å²) < 4.78 is 2.93. The highest BCUT2D eigenvalue weighted by molar-refractivity contribution is 5.81. The van der Waals surface area contributed by atoms with Crippen molar-refractivity contribution >= 4 is 16.5 Å². The van der Waals surface area contributed by atoms with E-state index in [1.807, 2.05) is 6.92 Å². The minimum absolute atomic E-state index is 0.182. The smallest absolute Gasteiger partial charge is 0.279 e. The lowest BCUT2D eigenvalue weighted by Crippen LogP contribution is -2.35. The summed E-state index contributed by atoms with van der Waals surface area (Å²) in [6, 6.07) is 6.63. The summed E-state index contributed by atoms with van der Waals surface area (Å²) in [6.07, 6.45) is 3.96. The van der Waals surface area contributed by atoms with Crippen molar-refractivity contribution in [1.82, 2.24) is 14.3 Å². The average molecular weight is 334 g/mol. The minimum atomic E-state index is -0.306. The predicted octanol–water partition coefficient (Wildman–Crippen LogP) is 1.93. The maximum atomic E-state index is 13.1. The van der Waals surface area contributed by atoms with Crippen molar-refractivity contribution in [1.29, 1.82) is 0 Å². The van der Waals surface area contributed by atoms with Crippen LogP contribution in [0.2, 0.25) is 0 Å². The van der Waals surface area contributed by atoms with Crippen molar-refractivity contribution < 1.29 is 0 Å². The number of aromatic nitrogens is 3. The van der Waals surface area contributed by atoms with Gasteiger partial charge in [-0.3, -0.25) is 9.59 Å². The summed E-state index contributed by atoms with van der Waals surface area (Å²) in [5.41, 5.74) is 9.64. The molecule has 1 atom stereocenters. The lowest BCUT2D eigenvalue weighted by atomic mass is 9.91. The van der Waals surface area contributed by atoms with Crippen molar-refractivity contribution in [2.75, 3.05) is 5.73 Å². The molecule has 6 nitrogen and oxygen atoms in total. The first-order valence-corrected chi connectivity index (χ1v) is 8.67. The molecule has 0 saturated heterocycles. The molecule has 1 aliphatic carbocycles. The average Bonchev–Trinajstić information content (AvgIpc) is 2.93. The molecule has 126 valence electrons. The summed E-state index contributed by atoms with van der Waals surface area (Å²) >= 11 is 0. The van der Waals surface area contributed by atoms with Crippen LogP contribution >= 0.6 is 0 Å². The number of pyridine rings is 1. The largest absolute Gasteiger partial charge is 0.398 e. The molecule has 2 aliphatic rings. The number of nitrogens with zero attached hydrogens (tertiary/aromatic N) is 3. The molecule has 2 N–H and O–H groups in total. The third kappa shape index (κ3) is 1.71. The first-order chi connectivity index (χ1) is 12.1. The van der Waals surface area contributed by atoms with Crippen molar-refractivity contribution in [2.45, 2.75) is 38.6 Å². The molecule has 1 aromatic carbocycles. The Morgan fingerprint density at radius 1 is 1.08 bits per heavy atom. The topological polar surface area (TPSA) is 82.9 Å². The molecule has 1 aliphatic heterocycles. The number of fused-ring (bicyclic) bond motifs is 5. The van der Waals surface area contributed by atoms with Crippen LogP contribution in [0.3, 0.4) is 0 Å². The molecule has 5 rings (SSSR count). The number of hydrogen-bond donors (Lipinski definition) is 1. The maximum Gasteiger partial charge on any atom is 0.279 e. The van der Waals surface area contributed by atoms with E-state index in [1.54, 1.807) is 24.3 Å². The van der Waals surface area contributed by atoms with Crippen LogP contribution in [0.15, 0.2) is 33.9 Å². The predicted molar refractivity (Wildman–Crippen MR) is 96.5 cm³/mol. The number of benzene rings is 1. The summed E-state index contributed by atoms with van der Waals surface area (Å²) in [5.74, 6) is 0.526. The van der Waals surface area contributed by atoms with Crippen LogP contribution in [0.1, 0.15) is 42.6 Å². The highest BCUT2D eigenvalue weighted by Gasteiger charge is 2.34. The fraction of sp³-hybridized carbons (Fsp3) is 0.316. The van der Waals surface area contributed by atoms with E-state index < -0.39 is 0 Å². The fourth-order valence-electron chi connectivity index (χ4n) is 4.30. The van der Waals surface area contributed by atoms with E-state index in [9.17, 15) is 9.59 Å². The molecule has 0 radical (unpaired) electrons. The summed E-state index contributed by atoms with van der Waals surface area (Å²) in [6.45, 7) is 1.91. The second-order valence-electron chi connectivity index (χ2n) is 6.88. The van der Waals surface area contributed by atoms with Gasteiger partial charge in [0.2, 0.25) is 0 Å². The van der Waals surface area contributed by atoms with E-state index in [1.165, 1.54) is 9.36 Å². The van der Waals surface area contributed by atoms with Gasteiger partial charge >= 0.3 is 0 Å². The zero-order valence-corrected chi connectivity index (χ0v) is 14.0. The van der Waals surface area contributed by atoms with Gasteiger partial charge in [-0.15, -0.1) is 0 Å². The molecule has 0 fully saturated rings. The van der Waals surface area contributed by atoms with E-state index in [4.69, 9.17) is 10.7 Å².